The van der Waals surface area contributed by atoms with Crippen molar-refractivity contribution in [1.29, 1.82) is 0 Å². The first-order valence-corrected chi connectivity index (χ1v) is 8.47. The summed E-state index contributed by atoms with van der Waals surface area (Å²) in [6.45, 7) is 8.16. The van der Waals surface area contributed by atoms with Gasteiger partial charge >= 0.3 is 0 Å². The molecular weight excluding hydrogens is 236 g/mol. The van der Waals surface area contributed by atoms with Gasteiger partial charge in [-0.05, 0) is 19.3 Å². The second kappa shape index (κ2) is 8.89. The second-order valence-corrected chi connectivity index (χ2v) is 6.75. The molecule has 0 saturated carbocycles. The molecule has 0 spiro atoms. The van der Waals surface area contributed by atoms with Crippen LogP contribution >= 0.6 is 0 Å². The molecule has 0 rings (SSSR count). The number of hydrogen-bond donors (Lipinski definition) is 1. The summed E-state index contributed by atoms with van der Waals surface area (Å²) in [6, 6.07) is 0.454. The van der Waals surface area contributed by atoms with E-state index in [-0.39, 0.29) is 5.75 Å². The average Bonchev–Trinajstić information content (AvgIpc) is 2.27. The molecule has 0 aromatic rings. The molecule has 17 heavy (non-hydrogen) atoms. The van der Waals surface area contributed by atoms with Gasteiger partial charge in [-0.25, -0.2) is 8.42 Å². The van der Waals surface area contributed by atoms with Crippen molar-refractivity contribution in [1.82, 2.24) is 4.90 Å². The third-order valence-corrected chi connectivity index (χ3v) is 4.91. The Bertz CT molecular complexity index is 274. The standard InChI is InChI=1S/C12H28N2O2S/c1-4-10-17(15,16)11-9-14(8-7-13)12(5-2)6-3/h12H,4-11,13H2,1-3H3. The van der Waals surface area contributed by atoms with E-state index in [0.717, 1.165) is 19.4 Å². The third-order valence-electron chi connectivity index (χ3n) is 3.08. The van der Waals surface area contributed by atoms with Gasteiger partial charge in [-0.3, -0.25) is 4.90 Å². The minimum atomic E-state index is -2.88. The van der Waals surface area contributed by atoms with Gasteiger partial charge in [0, 0.05) is 31.4 Å². The van der Waals surface area contributed by atoms with Crippen LogP contribution in [0.25, 0.3) is 0 Å². The van der Waals surface area contributed by atoms with E-state index in [1.807, 2.05) is 6.92 Å². The van der Waals surface area contributed by atoms with Gasteiger partial charge < -0.3 is 5.73 Å². The molecule has 0 atom stereocenters. The number of nitrogens with two attached hydrogens (primary N) is 1. The van der Waals surface area contributed by atoms with E-state index in [9.17, 15) is 8.42 Å². The smallest absolute Gasteiger partial charge is 0.151 e. The molecule has 0 aliphatic carbocycles. The number of sulfone groups is 1. The predicted molar refractivity (Wildman–Crippen MR) is 73.9 cm³/mol. The molecule has 0 unspecified atom stereocenters. The fraction of sp³-hybridized carbons (Fsp3) is 1.00. The van der Waals surface area contributed by atoms with Crippen LogP contribution in [0.5, 0.6) is 0 Å². The Kier molecular flexibility index (Phi) is 8.82. The molecular formula is C12H28N2O2S. The molecule has 0 amide bonds. The minimum Gasteiger partial charge on any atom is -0.329 e. The van der Waals surface area contributed by atoms with Crippen LogP contribution in [0.1, 0.15) is 40.0 Å². The molecule has 0 aliphatic heterocycles. The van der Waals surface area contributed by atoms with E-state index in [2.05, 4.69) is 18.7 Å². The van der Waals surface area contributed by atoms with Crippen LogP contribution in [-0.2, 0) is 9.84 Å². The van der Waals surface area contributed by atoms with Crippen LogP contribution < -0.4 is 5.73 Å². The predicted octanol–water partition coefficient (Wildman–Crippen LogP) is 1.26. The van der Waals surface area contributed by atoms with Gasteiger partial charge in [-0.1, -0.05) is 20.8 Å². The van der Waals surface area contributed by atoms with Gasteiger partial charge in [0.15, 0.2) is 9.84 Å². The van der Waals surface area contributed by atoms with Crippen LogP contribution in [-0.4, -0.2) is 50.5 Å². The van der Waals surface area contributed by atoms with E-state index in [1.165, 1.54) is 0 Å². The fourth-order valence-corrected chi connectivity index (χ4v) is 3.46. The fourth-order valence-electron chi connectivity index (χ4n) is 2.12. The summed E-state index contributed by atoms with van der Waals surface area (Å²) in [7, 11) is -2.88. The first-order chi connectivity index (χ1) is 8.00. The Morgan fingerprint density at radius 1 is 1.06 bits per heavy atom. The van der Waals surface area contributed by atoms with E-state index in [0.29, 0.717) is 31.3 Å². The van der Waals surface area contributed by atoms with E-state index in [1.54, 1.807) is 0 Å². The summed E-state index contributed by atoms with van der Waals surface area (Å²) >= 11 is 0. The first kappa shape index (κ1) is 16.9. The Hall–Kier alpha value is -0.130. The van der Waals surface area contributed by atoms with Gasteiger partial charge in [0.2, 0.25) is 0 Å². The molecule has 4 nitrogen and oxygen atoms in total. The highest BCUT2D eigenvalue weighted by Gasteiger charge is 2.17. The zero-order chi connectivity index (χ0) is 13.3. The van der Waals surface area contributed by atoms with Gasteiger partial charge in [0.25, 0.3) is 0 Å². The van der Waals surface area contributed by atoms with Crippen molar-refractivity contribution in [2.24, 2.45) is 5.73 Å². The highest BCUT2D eigenvalue weighted by atomic mass is 32.2. The molecule has 0 radical (unpaired) electrons. The van der Waals surface area contributed by atoms with Crippen LogP contribution in [0.2, 0.25) is 0 Å². The van der Waals surface area contributed by atoms with Crippen molar-refractivity contribution in [3.8, 4) is 0 Å². The summed E-state index contributed by atoms with van der Waals surface area (Å²) in [5, 5.41) is 0. The minimum absolute atomic E-state index is 0.261. The normalized spacial score (nSPS) is 12.6. The highest BCUT2D eigenvalue weighted by Crippen LogP contribution is 2.08. The second-order valence-electron chi connectivity index (χ2n) is 4.45. The molecule has 0 aromatic carbocycles. The monoisotopic (exact) mass is 264 g/mol. The van der Waals surface area contributed by atoms with Crippen LogP contribution in [0.4, 0.5) is 0 Å². The summed E-state index contributed by atoms with van der Waals surface area (Å²) in [6.07, 6.45) is 2.79. The lowest BCUT2D eigenvalue weighted by Gasteiger charge is -2.29. The van der Waals surface area contributed by atoms with E-state index in [4.69, 9.17) is 5.73 Å². The summed E-state index contributed by atoms with van der Waals surface area (Å²) in [5.74, 6) is 0.559. The SMILES string of the molecule is CCCS(=O)(=O)CCN(CCN)C(CC)CC. The Morgan fingerprint density at radius 2 is 1.65 bits per heavy atom. The first-order valence-electron chi connectivity index (χ1n) is 6.65. The topological polar surface area (TPSA) is 63.4 Å². The lowest BCUT2D eigenvalue weighted by atomic mass is 10.1. The molecule has 0 saturated heterocycles. The van der Waals surface area contributed by atoms with Crippen molar-refractivity contribution < 1.29 is 8.42 Å². The Balaban J connectivity index is 4.35. The highest BCUT2D eigenvalue weighted by molar-refractivity contribution is 7.91. The van der Waals surface area contributed by atoms with Gasteiger partial charge in [-0.15, -0.1) is 0 Å². The van der Waals surface area contributed by atoms with Gasteiger partial charge in [0.05, 0.1) is 5.75 Å². The number of hydrogen-bond acceptors (Lipinski definition) is 4. The van der Waals surface area contributed by atoms with Crippen molar-refractivity contribution >= 4 is 9.84 Å². The molecule has 0 aromatic heterocycles. The van der Waals surface area contributed by atoms with E-state index >= 15 is 0 Å². The van der Waals surface area contributed by atoms with Crippen LogP contribution in [0.15, 0.2) is 0 Å². The molecule has 0 heterocycles. The van der Waals surface area contributed by atoms with Crippen molar-refractivity contribution in [2.45, 2.75) is 46.1 Å². The van der Waals surface area contributed by atoms with Crippen LogP contribution in [0, 0.1) is 0 Å². The van der Waals surface area contributed by atoms with Crippen molar-refractivity contribution in [2.75, 3.05) is 31.1 Å². The third kappa shape index (κ3) is 7.01. The molecule has 5 heteroatoms. The molecule has 0 aliphatic rings. The molecule has 2 N–H and O–H groups in total. The largest absolute Gasteiger partial charge is 0.329 e. The Morgan fingerprint density at radius 3 is 2.06 bits per heavy atom. The lowest BCUT2D eigenvalue weighted by Crippen LogP contribution is -2.41. The zero-order valence-electron chi connectivity index (χ0n) is 11.5. The molecule has 104 valence electrons. The maximum atomic E-state index is 11.7. The number of nitrogens with zero attached hydrogens (tertiary/aromatic N) is 1. The van der Waals surface area contributed by atoms with E-state index < -0.39 is 9.84 Å². The molecule has 0 bridgehead atoms. The maximum absolute atomic E-state index is 11.7. The maximum Gasteiger partial charge on any atom is 0.151 e. The number of rotatable bonds is 10. The van der Waals surface area contributed by atoms with Gasteiger partial charge in [0.1, 0.15) is 0 Å². The summed E-state index contributed by atoms with van der Waals surface area (Å²) in [4.78, 5) is 2.22. The van der Waals surface area contributed by atoms with Crippen LogP contribution in [0.3, 0.4) is 0 Å². The molecule has 0 fully saturated rings. The average molecular weight is 264 g/mol. The quantitative estimate of drug-likeness (QED) is 0.645. The Labute approximate surface area is 106 Å². The summed E-state index contributed by atoms with van der Waals surface area (Å²) < 4.78 is 23.4. The summed E-state index contributed by atoms with van der Waals surface area (Å²) in [5.41, 5.74) is 5.58. The van der Waals surface area contributed by atoms with Crippen molar-refractivity contribution in [3.05, 3.63) is 0 Å². The zero-order valence-corrected chi connectivity index (χ0v) is 12.3. The lowest BCUT2D eigenvalue weighted by molar-refractivity contribution is 0.202. The van der Waals surface area contributed by atoms with Gasteiger partial charge in [-0.2, -0.15) is 0 Å². The van der Waals surface area contributed by atoms with Crippen molar-refractivity contribution in [3.63, 3.8) is 0 Å².